The molecule has 0 atom stereocenters. The first kappa shape index (κ1) is 16.2. The van der Waals surface area contributed by atoms with Crippen molar-refractivity contribution in [2.75, 3.05) is 0 Å². The minimum absolute atomic E-state index is 0.256. The van der Waals surface area contributed by atoms with Crippen molar-refractivity contribution in [3.8, 4) is 0 Å². The normalized spacial score (nSPS) is 12.5. The van der Waals surface area contributed by atoms with Gasteiger partial charge in [-0.05, 0) is 66.0 Å². The summed E-state index contributed by atoms with van der Waals surface area (Å²) >= 11 is 4.87. The number of thiophene rings is 1. The maximum atomic E-state index is 12.3. The van der Waals surface area contributed by atoms with Crippen LogP contribution in [0.2, 0.25) is 0 Å². The Morgan fingerprint density at radius 2 is 1.95 bits per heavy atom. The molecule has 2 rings (SSSR count). The highest BCUT2D eigenvalue weighted by molar-refractivity contribution is 9.11. The zero-order valence-electron chi connectivity index (χ0n) is 11.8. The van der Waals surface area contributed by atoms with E-state index in [1.165, 1.54) is 11.3 Å². The molecule has 0 aliphatic heterocycles. The van der Waals surface area contributed by atoms with Gasteiger partial charge in [-0.1, -0.05) is 12.1 Å². The van der Waals surface area contributed by atoms with Crippen molar-refractivity contribution in [1.29, 1.82) is 0 Å². The number of halogens is 1. The molecule has 0 bridgehead atoms. The van der Waals surface area contributed by atoms with Gasteiger partial charge < -0.3 is 0 Å². The van der Waals surface area contributed by atoms with Crippen molar-refractivity contribution in [1.82, 2.24) is 4.83 Å². The molecule has 0 saturated heterocycles. The molecule has 1 N–H and O–H groups in total. The van der Waals surface area contributed by atoms with E-state index in [1.807, 2.05) is 25.1 Å². The average Bonchev–Trinajstić information content (AvgIpc) is 2.85. The lowest BCUT2D eigenvalue weighted by atomic mass is 10.2. The highest BCUT2D eigenvalue weighted by Crippen LogP contribution is 2.22. The first-order chi connectivity index (χ1) is 9.79. The molecule has 0 unspecified atom stereocenters. The van der Waals surface area contributed by atoms with Gasteiger partial charge in [-0.2, -0.15) is 18.4 Å². The molecule has 0 radical (unpaired) electrons. The molecular formula is C14H15BrN2O2S2. The van der Waals surface area contributed by atoms with Crippen LogP contribution >= 0.6 is 27.3 Å². The molecule has 4 nitrogen and oxygen atoms in total. The molecule has 0 aliphatic carbocycles. The van der Waals surface area contributed by atoms with Crippen molar-refractivity contribution in [3.63, 3.8) is 0 Å². The topological polar surface area (TPSA) is 58.5 Å². The summed E-state index contributed by atoms with van der Waals surface area (Å²) in [6.07, 6.45) is 0. The van der Waals surface area contributed by atoms with E-state index in [1.54, 1.807) is 26.0 Å². The summed E-state index contributed by atoms with van der Waals surface area (Å²) in [4.78, 5) is 3.47. The molecule has 0 fully saturated rings. The quantitative estimate of drug-likeness (QED) is 0.640. The smallest absolute Gasteiger partial charge is 0.200 e. The van der Waals surface area contributed by atoms with Crippen LogP contribution in [0.4, 0.5) is 0 Å². The minimum atomic E-state index is -3.65. The lowest BCUT2D eigenvalue weighted by Gasteiger charge is -2.08. The average molecular weight is 387 g/mol. The Kier molecular flexibility index (Phi) is 4.85. The molecule has 7 heteroatoms. The van der Waals surface area contributed by atoms with Crippen LogP contribution in [0, 0.1) is 13.8 Å². The van der Waals surface area contributed by atoms with Crippen LogP contribution in [0.5, 0.6) is 0 Å². The number of hydrogen-bond acceptors (Lipinski definition) is 4. The largest absolute Gasteiger partial charge is 0.276 e. The standard InChI is InChI=1S/C14H15BrN2O2S2/c1-9-4-5-10(2)13(8-9)21(18,19)17-16-11(3)12-6-7-14(15)20-12/h4-8,17H,1-3H3/b16-11-. The minimum Gasteiger partial charge on any atom is -0.200 e. The van der Waals surface area contributed by atoms with E-state index in [4.69, 9.17) is 0 Å². The monoisotopic (exact) mass is 386 g/mol. The summed E-state index contributed by atoms with van der Waals surface area (Å²) in [6.45, 7) is 5.39. The van der Waals surface area contributed by atoms with Gasteiger partial charge in [0.2, 0.25) is 0 Å². The highest BCUT2D eigenvalue weighted by atomic mass is 79.9. The van der Waals surface area contributed by atoms with Crippen molar-refractivity contribution in [2.45, 2.75) is 25.7 Å². The summed E-state index contributed by atoms with van der Waals surface area (Å²) in [7, 11) is -3.65. The number of rotatable bonds is 4. The lowest BCUT2D eigenvalue weighted by molar-refractivity contribution is 0.583. The molecule has 1 aromatic heterocycles. The van der Waals surface area contributed by atoms with Crippen molar-refractivity contribution >= 4 is 43.0 Å². The molecule has 1 heterocycles. The number of aryl methyl sites for hydroxylation is 2. The number of hydrogen-bond donors (Lipinski definition) is 1. The number of sulfonamides is 1. The van der Waals surface area contributed by atoms with Crippen LogP contribution in [-0.2, 0) is 10.0 Å². The van der Waals surface area contributed by atoms with Crippen LogP contribution in [-0.4, -0.2) is 14.1 Å². The molecule has 21 heavy (non-hydrogen) atoms. The first-order valence-electron chi connectivity index (χ1n) is 6.18. The maximum Gasteiger partial charge on any atom is 0.276 e. The van der Waals surface area contributed by atoms with E-state index in [0.717, 1.165) is 14.2 Å². The molecule has 0 saturated carbocycles. The Labute approximate surface area is 137 Å². The van der Waals surface area contributed by atoms with Crippen molar-refractivity contribution < 1.29 is 8.42 Å². The Hall–Kier alpha value is -1.18. The fourth-order valence-corrected chi connectivity index (χ4v) is 4.26. The van der Waals surface area contributed by atoms with Crippen LogP contribution in [0.25, 0.3) is 0 Å². The number of benzene rings is 1. The molecule has 0 spiro atoms. The van der Waals surface area contributed by atoms with Gasteiger partial charge in [0.1, 0.15) is 0 Å². The van der Waals surface area contributed by atoms with Crippen LogP contribution < -0.4 is 4.83 Å². The SMILES string of the molecule is C/C(=N/NS(=O)(=O)c1cc(C)ccc1C)c1ccc(Br)s1. The zero-order chi connectivity index (χ0) is 15.6. The van der Waals surface area contributed by atoms with E-state index in [-0.39, 0.29) is 4.90 Å². The summed E-state index contributed by atoms with van der Waals surface area (Å²) in [6, 6.07) is 9.10. The van der Waals surface area contributed by atoms with Gasteiger partial charge >= 0.3 is 0 Å². The van der Waals surface area contributed by atoms with Crippen LogP contribution in [0.15, 0.2) is 44.1 Å². The number of nitrogens with one attached hydrogen (secondary N) is 1. The van der Waals surface area contributed by atoms with Gasteiger partial charge in [0, 0.05) is 0 Å². The molecule has 0 aliphatic rings. The predicted molar refractivity (Wildman–Crippen MR) is 90.5 cm³/mol. The summed E-state index contributed by atoms with van der Waals surface area (Å²) < 4.78 is 25.6. The Bertz CT molecular complexity index is 795. The van der Waals surface area contributed by atoms with Gasteiger partial charge in [0.15, 0.2) is 0 Å². The van der Waals surface area contributed by atoms with Crippen molar-refractivity contribution in [3.05, 3.63) is 50.1 Å². The van der Waals surface area contributed by atoms with E-state index >= 15 is 0 Å². The van der Waals surface area contributed by atoms with E-state index in [9.17, 15) is 8.42 Å². The predicted octanol–water partition coefficient (Wildman–Crippen LogP) is 3.83. The molecule has 112 valence electrons. The van der Waals surface area contributed by atoms with Gasteiger partial charge in [0.25, 0.3) is 10.0 Å². The zero-order valence-corrected chi connectivity index (χ0v) is 15.1. The molecule has 1 aromatic carbocycles. The van der Waals surface area contributed by atoms with E-state index in [0.29, 0.717) is 11.3 Å². The van der Waals surface area contributed by atoms with Crippen molar-refractivity contribution in [2.24, 2.45) is 5.10 Å². The summed E-state index contributed by atoms with van der Waals surface area (Å²) in [5, 5.41) is 3.99. The summed E-state index contributed by atoms with van der Waals surface area (Å²) in [5.74, 6) is 0. The van der Waals surface area contributed by atoms with Crippen LogP contribution in [0.1, 0.15) is 22.9 Å². The van der Waals surface area contributed by atoms with Crippen LogP contribution in [0.3, 0.4) is 0 Å². The Morgan fingerprint density at radius 1 is 1.24 bits per heavy atom. The second kappa shape index (κ2) is 6.29. The van der Waals surface area contributed by atoms with Gasteiger partial charge in [-0.15, -0.1) is 11.3 Å². The van der Waals surface area contributed by atoms with E-state index in [2.05, 4.69) is 25.9 Å². The second-order valence-corrected chi connectivity index (χ2v) is 8.76. The maximum absolute atomic E-state index is 12.3. The number of nitrogens with zero attached hydrogens (tertiary/aromatic N) is 1. The van der Waals surface area contributed by atoms with Gasteiger partial charge in [0.05, 0.1) is 19.3 Å². The first-order valence-corrected chi connectivity index (χ1v) is 9.28. The third kappa shape index (κ3) is 3.93. The fourth-order valence-electron chi connectivity index (χ4n) is 1.74. The second-order valence-electron chi connectivity index (χ2n) is 4.66. The Morgan fingerprint density at radius 3 is 2.57 bits per heavy atom. The summed E-state index contributed by atoms with van der Waals surface area (Å²) in [5.41, 5.74) is 2.21. The van der Waals surface area contributed by atoms with Gasteiger partial charge in [-0.3, -0.25) is 0 Å². The molecule has 2 aromatic rings. The van der Waals surface area contributed by atoms with Gasteiger partial charge in [-0.25, -0.2) is 0 Å². The number of hydrazone groups is 1. The molecular weight excluding hydrogens is 372 g/mol. The van der Waals surface area contributed by atoms with E-state index < -0.39 is 10.0 Å². The highest BCUT2D eigenvalue weighted by Gasteiger charge is 2.16. The third-order valence-electron chi connectivity index (χ3n) is 2.90. The Balaban J connectivity index is 2.27. The molecule has 0 amide bonds. The fraction of sp³-hybridized carbons (Fsp3) is 0.214. The lowest BCUT2D eigenvalue weighted by Crippen LogP contribution is -2.20. The third-order valence-corrected chi connectivity index (χ3v) is 5.98.